The summed E-state index contributed by atoms with van der Waals surface area (Å²) in [5.74, 6) is 0.183. The number of benzene rings is 1. The smallest absolute Gasteiger partial charge is 0.410 e. The molecule has 168 valence electrons. The van der Waals surface area contributed by atoms with Crippen LogP contribution >= 0.6 is 0 Å². The van der Waals surface area contributed by atoms with Crippen LogP contribution in [0.2, 0.25) is 0 Å². The van der Waals surface area contributed by atoms with Gasteiger partial charge < -0.3 is 19.9 Å². The van der Waals surface area contributed by atoms with E-state index in [1.807, 2.05) is 39.0 Å². The maximum atomic E-state index is 12.9. The van der Waals surface area contributed by atoms with Crippen molar-refractivity contribution in [1.29, 1.82) is 0 Å². The van der Waals surface area contributed by atoms with Crippen molar-refractivity contribution in [3.8, 4) is 0 Å². The Morgan fingerprint density at radius 1 is 1.20 bits per heavy atom. The lowest BCUT2D eigenvalue weighted by Gasteiger charge is -2.39. The normalized spacial score (nSPS) is 19.4. The van der Waals surface area contributed by atoms with Gasteiger partial charge in [-0.3, -0.25) is 9.69 Å². The first-order valence-electron chi connectivity index (χ1n) is 10.8. The van der Waals surface area contributed by atoms with E-state index >= 15 is 0 Å². The maximum absolute atomic E-state index is 12.9. The van der Waals surface area contributed by atoms with E-state index in [1.165, 1.54) is 5.56 Å². The molecule has 2 unspecified atom stereocenters. The summed E-state index contributed by atoms with van der Waals surface area (Å²) in [5.41, 5.74) is 0.675. The highest BCUT2D eigenvalue weighted by Crippen LogP contribution is 2.28. The summed E-state index contributed by atoms with van der Waals surface area (Å²) in [6.07, 6.45) is 2.97. The van der Waals surface area contributed by atoms with Gasteiger partial charge in [-0.2, -0.15) is 0 Å². The SMILES string of the molecule is CC(C)(C)OC(=O)N1CCC(CCc2ccccc2)CC1C(=O)NCCOCCO. The Labute approximate surface area is 179 Å². The second-order valence-electron chi connectivity index (χ2n) is 8.73. The summed E-state index contributed by atoms with van der Waals surface area (Å²) >= 11 is 0. The Balaban J connectivity index is 1.97. The molecular weight excluding hydrogens is 384 g/mol. The molecule has 1 aromatic carbocycles. The number of likely N-dealkylation sites (tertiary alicyclic amines) is 1. The van der Waals surface area contributed by atoms with Crippen LogP contribution in [0.3, 0.4) is 0 Å². The van der Waals surface area contributed by atoms with Gasteiger partial charge in [-0.25, -0.2) is 4.79 Å². The van der Waals surface area contributed by atoms with Crippen LogP contribution in [0.25, 0.3) is 0 Å². The van der Waals surface area contributed by atoms with Crippen molar-refractivity contribution in [3.63, 3.8) is 0 Å². The van der Waals surface area contributed by atoms with Crippen molar-refractivity contribution in [3.05, 3.63) is 35.9 Å². The van der Waals surface area contributed by atoms with Crippen molar-refractivity contribution in [2.45, 2.75) is 58.1 Å². The predicted octanol–water partition coefficient (Wildman–Crippen LogP) is 2.76. The van der Waals surface area contributed by atoms with Gasteiger partial charge in [0, 0.05) is 13.1 Å². The minimum absolute atomic E-state index is 0.0495. The van der Waals surface area contributed by atoms with Crippen LogP contribution in [0.15, 0.2) is 30.3 Å². The molecule has 1 fully saturated rings. The second-order valence-corrected chi connectivity index (χ2v) is 8.73. The number of carbonyl (C=O) groups is 2. The number of rotatable bonds is 9. The van der Waals surface area contributed by atoms with E-state index in [1.54, 1.807) is 4.90 Å². The highest BCUT2D eigenvalue weighted by atomic mass is 16.6. The minimum atomic E-state index is -0.611. The molecule has 0 saturated carbocycles. The van der Waals surface area contributed by atoms with E-state index in [2.05, 4.69) is 17.4 Å². The fourth-order valence-corrected chi connectivity index (χ4v) is 3.63. The zero-order chi connectivity index (χ0) is 22.0. The number of aliphatic hydroxyl groups excluding tert-OH is 1. The van der Waals surface area contributed by atoms with E-state index < -0.39 is 17.7 Å². The van der Waals surface area contributed by atoms with E-state index in [0.717, 1.165) is 19.3 Å². The van der Waals surface area contributed by atoms with Crippen LogP contribution in [0.4, 0.5) is 4.79 Å². The number of aliphatic hydroxyl groups is 1. The van der Waals surface area contributed by atoms with E-state index in [-0.39, 0.29) is 19.1 Å². The number of hydrogen-bond acceptors (Lipinski definition) is 5. The molecular formula is C23H36N2O5. The van der Waals surface area contributed by atoms with Gasteiger partial charge in [0.2, 0.25) is 5.91 Å². The maximum Gasteiger partial charge on any atom is 0.410 e. The third-order valence-electron chi connectivity index (χ3n) is 5.11. The van der Waals surface area contributed by atoms with E-state index in [9.17, 15) is 9.59 Å². The minimum Gasteiger partial charge on any atom is -0.444 e. The lowest BCUT2D eigenvalue weighted by atomic mass is 9.86. The second kappa shape index (κ2) is 11.9. The quantitative estimate of drug-likeness (QED) is 0.600. The highest BCUT2D eigenvalue weighted by molar-refractivity contribution is 5.86. The van der Waals surface area contributed by atoms with Crippen LogP contribution in [-0.4, -0.2) is 66.6 Å². The topological polar surface area (TPSA) is 88.1 Å². The Bertz CT molecular complexity index is 659. The van der Waals surface area contributed by atoms with Gasteiger partial charge in [-0.1, -0.05) is 30.3 Å². The lowest BCUT2D eigenvalue weighted by molar-refractivity contribution is -0.128. The Morgan fingerprint density at radius 2 is 1.93 bits per heavy atom. The van der Waals surface area contributed by atoms with Crippen molar-refractivity contribution in [1.82, 2.24) is 10.2 Å². The number of nitrogens with one attached hydrogen (secondary N) is 1. The van der Waals surface area contributed by atoms with Crippen LogP contribution in [0.5, 0.6) is 0 Å². The molecule has 1 aliphatic rings. The molecule has 2 rings (SSSR count). The summed E-state index contributed by atoms with van der Waals surface area (Å²) in [4.78, 5) is 27.1. The number of hydrogen-bond donors (Lipinski definition) is 2. The van der Waals surface area contributed by atoms with Crippen molar-refractivity contribution in [2.75, 3.05) is 32.9 Å². The van der Waals surface area contributed by atoms with Crippen LogP contribution in [-0.2, 0) is 20.7 Å². The molecule has 1 aliphatic heterocycles. The highest BCUT2D eigenvalue weighted by Gasteiger charge is 2.38. The van der Waals surface area contributed by atoms with Crippen LogP contribution < -0.4 is 5.32 Å². The Kier molecular flexibility index (Phi) is 9.59. The zero-order valence-corrected chi connectivity index (χ0v) is 18.4. The molecule has 0 radical (unpaired) electrons. The van der Waals surface area contributed by atoms with Gasteiger partial charge >= 0.3 is 6.09 Å². The molecule has 2 amide bonds. The molecule has 30 heavy (non-hydrogen) atoms. The number of nitrogens with zero attached hydrogens (tertiary/aromatic N) is 1. The zero-order valence-electron chi connectivity index (χ0n) is 18.4. The number of piperidine rings is 1. The summed E-state index contributed by atoms with van der Waals surface area (Å²) in [5, 5.41) is 11.6. The molecule has 0 aliphatic carbocycles. The summed E-state index contributed by atoms with van der Waals surface area (Å²) in [6, 6.07) is 9.77. The largest absolute Gasteiger partial charge is 0.444 e. The molecule has 0 bridgehead atoms. The summed E-state index contributed by atoms with van der Waals surface area (Å²) in [7, 11) is 0. The first-order valence-corrected chi connectivity index (χ1v) is 10.8. The number of amides is 2. The molecule has 1 aromatic rings. The predicted molar refractivity (Wildman–Crippen MR) is 115 cm³/mol. The fraction of sp³-hybridized carbons (Fsp3) is 0.652. The molecule has 7 nitrogen and oxygen atoms in total. The molecule has 0 aromatic heterocycles. The third-order valence-corrected chi connectivity index (χ3v) is 5.11. The summed E-state index contributed by atoms with van der Waals surface area (Å²) < 4.78 is 10.7. The van der Waals surface area contributed by atoms with Crippen LogP contribution in [0.1, 0.15) is 45.6 Å². The number of aryl methyl sites for hydroxylation is 1. The van der Waals surface area contributed by atoms with Crippen molar-refractivity contribution < 1.29 is 24.2 Å². The van der Waals surface area contributed by atoms with Gasteiger partial charge in [0.1, 0.15) is 11.6 Å². The third kappa shape index (κ3) is 8.32. The molecule has 2 atom stereocenters. The molecule has 7 heteroatoms. The summed E-state index contributed by atoms with van der Waals surface area (Å²) in [6.45, 7) is 6.83. The van der Waals surface area contributed by atoms with Gasteiger partial charge in [-0.05, 0) is 57.9 Å². The molecule has 0 spiro atoms. The number of carbonyl (C=O) groups excluding carboxylic acids is 2. The van der Waals surface area contributed by atoms with E-state index in [4.69, 9.17) is 14.6 Å². The van der Waals surface area contributed by atoms with E-state index in [0.29, 0.717) is 32.0 Å². The Hall–Kier alpha value is -2.12. The average molecular weight is 421 g/mol. The van der Waals surface area contributed by atoms with Crippen molar-refractivity contribution in [2.24, 2.45) is 5.92 Å². The van der Waals surface area contributed by atoms with Gasteiger partial charge in [-0.15, -0.1) is 0 Å². The molecule has 1 saturated heterocycles. The molecule has 2 N–H and O–H groups in total. The van der Waals surface area contributed by atoms with Gasteiger partial charge in [0.05, 0.1) is 19.8 Å². The lowest BCUT2D eigenvalue weighted by Crippen LogP contribution is -2.55. The first-order chi connectivity index (χ1) is 14.3. The number of ether oxygens (including phenoxy) is 2. The molecule has 1 heterocycles. The fourth-order valence-electron chi connectivity index (χ4n) is 3.63. The van der Waals surface area contributed by atoms with Gasteiger partial charge in [0.15, 0.2) is 0 Å². The standard InChI is InChI=1S/C23H36N2O5/c1-23(2,3)30-22(28)25-13-11-19(10-9-18-7-5-4-6-8-18)17-20(25)21(27)24-12-15-29-16-14-26/h4-8,19-20,26H,9-17H2,1-3H3,(H,24,27). The monoisotopic (exact) mass is 420 g/mol. The van der Waals surface area contributed by atoms with Gasteiger partial charge in [0.25, 0.3) is 0 Å². The van der Waals surface area contributed by atoms with Crippen LogP contribution in [0, 0.1) is 5.92 Å². The van der Waals surface area contributed by atoms with Crippen molar-refractivity contribution >= 4 is 12.0 Å². The average Bonchev–Trinajstić information content (AvgIpc) is 2.71. The first kappa shape index (κ1) is 24.2. The Morgan fingerprint density at radius 3 is 2.60 bits per heavy atom.